The molecule has 3 aromatic rings. The Morgan fingerprint density at radius 3 is 2.61 bits per heavy atom. The molecule has 0 aliphatic carbocycles. The van der Waals surface area contributed by atoms with E-state index in [-0.39, 0.29) is 17.9 Å². The first kappa shape index (κ1) is 19.4. The van der Waals surface area contributed by atoms with E-state index in [4.69, 9.17) is 4.74 Å². The van der Waals surface area contributed by atoms with Crippen LogP contribution in [0.15, 0.2) is 60.8 Å². The molecule has 1 heterocycles. The summed E-state index contributed by atoms with van der Waals surface area (Å²) in [4.78, 5) is 12.1. The van der Waals surface area contributed by atoms with E-state index in [0.29, 0.717) is 13.2 Å². The Kier molecular flexibility index (Phi) is 6.26. The smallest absolute Gasteiger partial charge is 0.315 e. The minimum Gasteiger partial charge on any atom is -0.492 e. The second-order valence-electron chi connectivity index (χ2n) is 6.36. The third-order valence-corrected chi connectivity index (χ3v) is 4.33. The highest BCUT2D eigenvalue weighted by atomic mass is 19.1. The summed E-state index contributed by atoms with van der Waals surface area (Å²) in [6, 6.07) is 15.0. The van der Waals surface area contributed by atoms with Crippen LogP contribution in [-0.2, 0) is 0 Å². The van der Waals surface area contributed by atoms with Crippen molar-refractivity contribution in [2.45, 2.75) is 19.9 Å². The predicted molar refractivity (Wildman–Crippen MR) is 105 cm³/mol. The van der Waals surface area contributed by atoms with Gasteiger partial charge in [-0.25, -0.2) is 13.9 Å². The number of amides is 2. The van der Waals surface area contributed by atoms with Crippen LogP contribution in [0.2, 0.25) is 0 Å². The minimum absolute atomic E-state index is 0.232. The average Bonchev–Trinajstić information content (AvgIpc) is 3.08. The molecule has 0 aliphatic heterocycles. The summed E-state index contributed by atoms with van der Waals surface area (Å²) in [6.07, 6.45) is 1.71. The zero-order valence-corrected chi connectivity index (χ0v) is 15.9. The van der Waals surface area contributed by atoms with Crippen LogP contribution in [0.5, 0.6) is 5.75 Å². The Labute approximate surface area is 163 Å². The molecular formula is C21H23FN4O2. The van der Waals surface area contributed by atoms with E-state index in [1.807, 2.05) is 44.2 Å². The molecule has 0 saturated heterocycles. The fourth-order valence-corrected chi connectivity index (χ4v) is 2.87. The molecule has 2 N–H and O–H groups in total. The van der Waals surface area contributed by atoms with E-state index in [0.717, 1.165) is 22.7 Å². The summed E-state index contributed by atoms with van der Waals surface area (Å²) in [5.74, 6) is 0.471. The number of hydrogen-bond acceptors (Lipinski definition) is 3. The van der Waals surface area contributed by atoms with Crippen molar-refractivity contribution in [1.29, 1.82) is 0 Å². The maximum absolute atomic E-state index is 13.1. The number of nitrogens with one attached hydrogen (secondary N) is 2. The van der Waals surface area contributed by atoms with Crippen LogP contribution >= 0.6 is 0 Å². The lowest BCUT2D eigenvalue weighted by Crippen LogP contribution is -2.39. The largest absolute Gasteiger partial charge is 0.492 e. The molecule has 1 unspecified atom stereocenters. The van der Waals surface area contributed by atoms with Crippen LogP contribution in [0.4, 0.5) is 9.18 Å². The van der Waals surface area contributed by atoms with E-state index in [2.05, 4.69) is 15.7 Å². The first-order valence-electron chi connectivity index (χ1n) is 9.07. The fourth-order valence-electron chi connectivity index (χ4n) is 2.87. The van der Waals surface area contributed by atoms with E-state index in [1.54, 1.807) is 23.0 Å². The molecule has 1 atom stereocenters. The van der Waals surface area contributed by atoms with Gasteiger partial charge in [-0.3, -0.25) is 0 Å². The van der Waals surface area contributed by atoms with E-state index in [1.165, 1.54) is 12.1 Å². The quantitative estimate of drug-likeness (QED) is 0.612. The normalized spacial score (nSPS) is 11.7. The maximum atomic E-state index is 13.1. The standard InChI is InChI=1S/C21H23FN4O2/c1-15(25-21(27)23-12-13-28-19-6-4-3-5-7-19)20-14-24-26(16(20)2)18-10-8-17(22)9-11-18/h3-11,14-15H,12-13H2,1-2H3,(H2,23,25,27). The highest BCUT2D eigenvalue weighted by Gasteiger charge is 2.16. The number of para-hydroxylation sites is 1. The van der Waals surface area contributed by atoms with Gasteiger partial charge in [-0.1, -0.05) is 18.2 Å². The summed E-state index contributed by atoms with van der Waals surface area (Å²) in [5, 5.41) is 10.0. The molecule has 2 amide bonds. The second-order valence-corrected chi connectivity index (χ2v) is 6.36. The molecule has 0 bridgehead atoms. The predicted octanol–water partition coefficient (Wildman–Crippen LogP) is 3.76. The lowest BCUT2D eigenvalue weighted by molar-refractivity contribution is 0.233. The number of urea groups is 1. The van der Waals surface area contributed by atoms with Crippen molar-refractivity contribution in [3.8, 4) is 11.4 Å². The van der Waals surface area contributed by atoms with Gasteiger partial charge in [0, 0.05) is 11.3 Å². The van der Waals surface area contributed by atoms with Crippen molar-refractivity contribution in [2.24, 2.45) is 0 Å². The van der Waals surface area contributed by atoms with E-state index >= 15 is 0 Å². The zero-order valence-electron chi connectivity index (χ0n) is 15.9. The van der Waals surface area contributed by atoms with Crippen LogP contribution in [0, 0.1) is 12.7 Å². The average molecular weight is 382 g/mol. The molecule has 6 nitrogen and oxygen atoms in total. The summed E-state index contributed by atoms with van der Waals surface area (Å²) < 4.78 is 20.4. The first-order chi connectivity index (χ1) is 13.5. The number of rotatable bonds is 7. The number of carbonyl (C=O) groups is 1. The maximum Gasteiger partial charge on any atom is 0.315 e. The topological polar surface area (TPSA) is 68.2 Å². The Balaban J connectivity index is 1.51. The molecule has 0 radical (unpaired) electrons. The molecule has 0 aliphatic rings. The van der Waals surface area contributed by atoms with Gasteiger partial charge in [0.05, 0.1) is 24.5 Å². The summed E-state index contributed by atoms with van der Waals surface area (Å²) in [6.45, 7) is 4.57. The number of aromatic nitrogens is 2. The summed E-state index contributed by atoms with van der Waals surface area (Å²) >= 11 is 0. The SMILES string of the molecule is Cc1c(C(C)NC(=O)NCCOc2ccccc2)cnn1-c1ccc(F)cc1. The Hall–Kier alpha value is -3.35. The molecular weight excluding hydrogens is 359 g/mol. The number of halogens is 1. The van der Waals surface area contributed by atoms with Gasteiger partial charge in [-0.05, 0) is 50.2 Å². The Bertz CT molecular complexity index is 910. The van der Waals surface area contributed by atoms with Crippen molar-refractivity contribution in [2.75, 3.05) is 13.2 Å². The van der Waals surface area contributed by atoms with Crippen LogP contribution in [-0.4, -0.2) is 29.0 Å². The molecule has 146 valence electrons. The van der Waals surface area contributed by atoms with Gasteiger partial charge >= 0.3 is 6.03 Å². The Morgan fingerprint density at radius 1 is 1.18 bits per heavy atom. The highest BCUT2D eigenvalue weighted by molar-refractivity contribution is 5.74. The molecule has 1 aromatic heterocycles. The van der Waals surface area contributed by atoms with Crippen molar-refractivity contribution in [3.05, 3.63) is 77.9 Å². The first-order valence-corrected chi connectivity index (χ1v) is 9.07. The Morgan fingerprint density at radius 2 is 1.89 bits per heavy atom. The molecule has 28 heavy (non-hydrogen) atoms. The van der Waals surface area contributed by atoms with Crippen LogP contribution < -0.4 is 15.4 Å². The molecule has 0 fully saturated rings. The number of carbonyl (C=O) groups excluding carboxylic acids is 1. The number of hydrogen-bond donors (Lipinski definition) is 2. The van der Waals surface area contributed by atoms with E-state index in [9.17, 15) is 9.18 Å². The van der Waals surface area contributed by atoms with Crippen LogP contribution in [0.25, 0.3) is 5.69 Å². The third-order valence-electron chi connectivity index (χ3n) is 4.33. The van der Waals surface area contributed by atoms with Crippen molar-refractivity contribution in [1.82, 2.24) is 20.4 Å². The summed E-state index contributed by atoms with van der Waals surface area (Å²) in [7, 11) is 0. The molecule has 7 heteroatoms. The number of ether oxygens (including phenoxy) is 1. The van der Waals surface area contributed by atoms with Crippen LogP contribution in [0.3, 0.4) is 0 Å². The van der Waals surface area contributed by atoms with Crippen molar-refractivity contribution < 1.29 is 13.9 Å². The van der Waals surface area contributed by atoms with Gasteiger partial charge in [0.2, 0.25) is 0 Å². The fraction of sp³-hybridized carbons (Fsp3) is 0.238. The van der Waals surface area contributed by atoms with Crippen LogP contribution in [0.1, 0.15) is 24.2 Å². The molecule has 3 rings (SSSR count). The second kappa shape index (κ2) is 9.03. The monoisotopic (exact) mass is 382 g/mol. The molecule has 2 aromatic carbocycles. The molecule has 0 saturated carbocycles. The lowest BCUT2D eigenvalue weighted by Gasteiger charge is -2.15. The number of benzene rings is 2. The lowest BCUT2D eigenvalue weighted by atomic mass is 10.1. The van der Waals surface area contributed by atoms with Gasteiger partial charge in [0.1, 0.15) is 18.2 Å². The highest BCUT2D eigenvalue weighted by Crippen LogP contribution is 2.20. The van der Waals surface area contributed by atoms with Crippen molar-refractivity contribution in [3.63, 3.8) is 0 Å². The third kappa shape index (κ3) is 4.88. The van der Waals surface area contributed by atoms with Gasteiger partial charge in [-0.15, -0.1) is 0 Å². The molecule has 0 spiro atoms. The van der Waals surface area contributed by atoms with Gasteiger partial charge in [0.25, 0.3) is 0 Å². The zero-order chi connectivity index (χ0) is 19.9. The van der Waals surface area contributed by atoms with E-state index < -0.39 is 0 Å². The minimum atomic E-state index is -0.295. The van der Waals surface area contributed by atoms with Gasteiger partial charge < -0.3 is 15.4 Å². The summed E-state index contributed by atoms with van der Waals surface area (Å²) in [5.41, 5.74) is 2.53. The van der Waals surface area contributed by atoms with Gasteiger partial charge in [0.15, 0.2) is 0 Å². The number of nitrogens with zero attached hydrogens (tertiary/aromatic N) is 2. The van der Waals surface area contributed by atoms with Crippen molar-refractivity contribution >= 4 is 6.03 Å². The van der Waals surface area contributed by atoms with Gasteiger partial charge in [-0.2, -0.15) is 5.10 Å².